The summed E-state index contributed by atoms with van der Waals surface area (Å²) in [4.78, 5) is 7.99. The maximum absolute atomic E-state index is 9.27. The van der Waals surface area contributed by atoms with Gasteiger partial charge in [-0.2, -0.15) is 0 Å². The number of aromatic nitrogens is 2. The van der Waals surface area contributed by atoms with Crippen molar-refractivity contribution in [2.24, 2.45) is 0 Å². The highest BCUT2D eigenvalue weighted by Gasteiger charge is 1.97. The molecule has 1 N–H and O–H groups in total. The van der Waals surface area contributed by atoms with E-state index in [4.69, 9.17) is 0 Å². The van der Waals surface area contributed by atoms with Crippen molar-refractivity contribution in [1.29, 1.82) is 0 Å². The molecule has 0 bridgehead atoms. The van der Waals surface area contributed by atoms with Crippen molar-refractivity contribution in [2.45, 2.75) is 0 Å². The SMILES string of the molecule is Oc1cccc2nccnc12.[Al]. The van der Waals surface area contributed by atoms with Crippen LogP contribution >= 0.6 is 0 Å². The number of rotatable bonds is 0. The number of benzene rings is 1. The molecule has 1 heterocycles. The third kappa shape index (κ3) is 1.40. The van der Waals surface area contributed by atoms with Crippen LogP contribution in [0.1, 0.15) is 0 Å². The number of phenols is 1. The first kappa shape index (κ1) is 8.98. The van der Waals surface area contributed by atoms with Crippen molar-refractivity contribution in [1.82, 2.24) is 9.97 Å². The molecule has 0 unspecified atom stereocenters. The molecule has 0 fully saturated rings. The largest absolute Gasteiger partial charge is 0.506 e. The van der Waals surface area contributed by atoms with Gasteiger partial charge in [0.25, 0.3) is 0 Å². The second-order valence-electron chi connectivity index (χ2n) is 2.20. The van der Waals surface area contributed by atoms with Crippen molar-refractivity contribution in [3.63, 3.8) is 0 Å². The fourth-order valence-corrected chi connectivity index (χ4v) is 0.977. The second kappa shape index (κ2) is 3.53. The van der Waals surface area contributed by atoms with Crippen molar-refractivity contribution >= 4 is 28.4 Å². The molecule has 0 aliphatic heterocycles. The van der Waals surface area contributed by atoms with E-state index >= 15 is 0 Å². The lowest BCUT2D eigenvalue weighted by atomic mass is 10.3. The van der Waals surface area contributed by atoms with Gasteiger partial charge in [0.05, 0.1) is 5.52 Å². The Bertz CT molecular complexity index is 386. The summed E-state index contributed by atoms with van der Waals surface area (Å²) in [5, 5.41) is 9.27. The predicted molar refractivity (Wildman–Crippen MR) is 47.0 cm³/mol. The first-order chi connectivity index (χ1) is 5.38. The number of fused-ring (bicyclic) bond motifs is 1. The zero-order valence-corrected chi connectivity index (χ0v) is 7.46. The normalized spacial score (nSPS) is 9.33. The van der Waals surface area contributed by atoms with Gasteiger partial charge in [-0.1, -0.05) is 6.07 Å². The summed E-state index contributed by atoms with van der Waals surface area (Å²) in [6.45, 7) is 0. The average molecular weight is 173 g/mol. The summed E-state index contributed by atoms with van der Waals surface area (Å²) in [5.74, 6) is 0.176. The summed E-state index contributed by atoms with van der Waals surface area (Å²) in [7, 11) is 0. The molecule has 0 aliphatic rings. The molecule has 1 aromatic carbocycles. The molecule has 2 aromatic rings. The van der Waals surface area contributed by atoms with Gasteiger partial charge >= 0.3 is 0 Å². The van der Waals surface area contributed by atoms with Crippen LogP contribution in [0.4, 0.5) is 0 Å². The van der Waals surface area contributed by atoms with Crippen molar-refractivity contribution < 1.29 is 5.11 Å². The van der Waals surface area contributed by atoms with Crippen molar-refractivity contribution in [3.8, 4) is 5.75 Å². The summed E-state index contributed by atoms with van der Waals surface area (Å²) in [6.07, 6.45) is 3.16. The maximum atomic E-state index is 9.27. The van der Waals surface area contributed by atoms with Gasteiger partial charge in [-0.05, 0) is 12.1 Å². The number of phenolic OH excluding ortho intramolecular Hbond substituents is 1. The smallest absolute Gasteiger partial charge is 0.143 e. The molecule has 2 rings (SSSR count). The molecule has 0 saturated carbocycles. The predicted octanol–water partition coefficient (Wildman–Crippen LogP) is 0.955. The minimum absolute atomic E-state index is 0. The average Bonchev–Trinajstić information content (AvgIpc) is 2.06. The maximum Gasteiger partial charge on any atom is 0.143 e. The zero-order chi connectivity index (χ0) is 7.68. The van der Waals surface area contributed by atoms with Crippen LogP contribution in [0.2, 0.25) is 0 Å². The number of hydrogen-bond donors (Lipinski definition) is 1. The Labute approximate surface area is 80.2 Å². The molecular weight excluding hydrogens is 167 g/mol. The second-order valence-corrected chi connectivity index (χ2v) is 2.20. The Morgan fingerprint density at radius 1 is 1.08 bits per heavy atom. The van der Waals surface area contributed by atoms with Gasteiger partial charge in [0.1, 0.15) is 11.3 Å². The molecule has 0 amide bonds. The van der Waals surface area contributed by atoms with Crippen molar-refractivity contribution in [3.05, 3.63) is 30.6 Å². The van der Waals surface area contributed by atoms with Crippen molar-refractivity contribution in [2.75, 3.05) is 0 Å². The lowest BCUT2D eigenvalue weighted by Crippen LogP contribution is -1.80. The van der Waals surface area contributed by atoms with Gasteiger partial charge in [0.2, 0.25) is 0 Å². The Balaban J connectivity index is 0.000000720. The summed E-state index contributed by atoms with van der Waals surface area (Å²) < 4.78 is 0. The minimum atomic E-state index is 0. The van der Waals surface area contributed by atoms with Crippen LogP contribution in [0.15, 0.2) is 30.6 Å². The van der Waals surface area contributed by atoms with E-state index < -0.39 is 0 Å². The van der Waals surface area contributed by atoms with Gasteiger partial charge < -0.3 is 5.11 Å². The molecule has 57 valence electrons. The number of nitrogens with zero attached hydrogens (tertiary/aromatic N) is 2. The van der Waals surface area contributed by atoms with Crippen LogP contribution in [0.3, 0.4) is 0 Å². The van der Waals surface area contributed by atoms with Gasteiger partial charge in [0, 0.05) is 29.8 Å². The van der Waals surface area contributed by atoms with E-state index in [-0.39, 0.29) is 23.1 Å². The lowest BCUT2D eigenvalue weighted by Gasteiger charge is -1.95. The van der Waals surface area contributed by atoms with E-state index in [1.165, 1.54) is 0 Å². The highest BCUT2D eigenvalue weighted by molar-refractivity contribution is 5.79. The third-order valence-corrected chi connectivity index (χ3v) is 1.48. The van der Waals surface area contributed by atoms with Crippen LogP contribution < -0.4 is 0 Å². The molecule has 0 atom stereocenters. The van der Waals surface area contributed by atoms with Crippen LogP contribution in [-0.4, -0.2) is 32.4 Å². The van der Waals surface area contributed by atoms with E-state index in [0.29, 0.717) is 11.0 Å². The van der Waals surface area contributed by atoms with Gasteiger partial charge in [-0.3, -0.25) is 4.98 Å². The molecule has 1 aromatic heterocycles. The fourth-order valence-electron chi connectivity index (χ4n) is 0.977. The number of aromatic hydroxyl groups is 1. The van der Waals surface area contributed by atoms with E-state index in [2.05, 4.69) is 9.97 Å². The highest BCUT2D eigenvalue weighted by Crippen LogP contribution is 2.18. The van der Waals surface area contributed by atoms with Crippen LogP contribution in [0.5, 0.6) is 5.75 Å². The first-order valence-electron chi connectivity index (χ1n) is 3.26. The lowest BCUT2D eigenvalue weighted by molar-refractivity contribution is 0.480. The standard InChI is InChI=1S/C8H6N2O.Al/c11-7-3-1-2-6-8(7)10-5-4-9-6;/h1-5,11H;. The van der Waals surface area contributed by atoms with E-state index in [1.807, 2.05) is 6.07 Å². The van der Waals surface area contributed by atoms with Gasteiger partial charge in [0.15, 0.2) is 0 Å². The molecule has 3 nitrogen and oxygen atoms in total. The summed E-state index contributed by atoms with van der Waals surface area (Å²) >= 11 is 0. The van der Waals surface area contributed by atoms with Gasteiger partial charge in [-0.25, -0.2) is 4.98 Å². The first-order valence-corrected chi connectivity index (χ1v) is 3.26. The van der Waals surface area contributed by atoms with Crippen LogP contribution in [-0.2, 0) is 0 Å². The Morgan fingerprint density at radius 3 is 2.58 bits per heavy atom. The Kier molecular flexibility index (Phi) is 2.64. The van der Waals surface area contributed by atoms with Gasteiger partial charge in [-0.15, -0.1) is 0 Å². The summed E-state index contributed by atoms with van der Waals surface area (Å²) in [6, 6.07) is 5.14. The Hall–Kier alpha value is -1.11. The summed E-state index contributed by atoms with van der Waals surface area (Å²) in [5.41, 5.74) is 1.27. The topological polar surface area (TPSA) is 46.0 Å². The fraction of sp³-hybridized carbons (Fsp3) is 0. The molecule has 0 saturated heterocycles. The quantitative estimate of drug-likeness (QED) is 0.603. The Morgan fingerprint density at radius 2 is 1.83 bits per heavy atom. The van der Waals surface area contributed by atoms with Crippen LogP contribution in [0, 0.1) is 0 Å². The molecule has 0 spiro atoms. The molecule has 4 heteroatoms. The van der Waals surface area contributed by atoms with E-state index in [0.717, 1.165) is 0 Å². The molecule has 0 aliphatic carbocycles. The molecular formula is C8H6AlN2O. The monoisotopic (exact) mass is 173 g/mol. The minimum Gasteiger partial charge on any atom is -0.506 e. The van der Waals surface area contributed by atoms with E-state index in [1.54, 1.807) is 24.5 Å². The molecule has 12 heavy (non-hydrogen) atoms. The van der Waals surface area contributed by atoms with Crippen LogP contribution in [0.25, 0.3) is 11.0 Å². The third-order valence-electron chi connectivity index (χ3n) is 1.48. The highest BCUT2D eigenvalue weighted by atomic mass is 27.0. The number of para-hydroxylation sites is 1. The zero-order valence-electron chi connectivity index (χ0n) is 6.31. The molecule has 3 radical (unpaired) electrons. The number of hydrogen-bond acceptors (Lipinski definition) is 3. The van der Waals surface area contributed by atoms with E-state index in [9.17, 15) is 5.11 Å².